The lowest BCUT2D eigenvalue weighted by Gasteiger charge is -2.20. The summed E-state index contributed by atoms with van der Waals surface area (Å²) in [5, 5.41) is 3.22. The molecule has 0 aliphatic carbocycles. The van der Waals surface area contributed by atoms with E-state index >= 15 is 0 Å². The SMILES string of the molecule is CCOc1cc(C)nc(NCC(C)N(C)C)n1. The van der Waals surface area contributed by atoms with Crippen molar-refractivity contribution in [3.63, 3.8) is 0 Å². The van der Waals surface area contributed by atoms with Gasteiger partial charge < -0.3 is 15.0 Å². The van der Waals surface area contributed by atoms with Gasteiger partial charge in [0, 0.05) is 24.3 Å². The van der Waals surface area contributed by atoms with Crippen LogP contribution in [-0.2, 0) is 0 Å². The average molecular weight is 238 g/mol. The molecule has 1 atom stereocenters. The molecular weight excluding hydrogens is 216 g/mol. The van der Waals surface area contributed by atoms with Crippen molar-refractivity contribution >= 4 is 5.95 Å². The molecule has 1 unspecified atom stereocenters. The van der Waals surface area contributed by atoms with Crippen molar-refractivity contribution in [3.8, 4) is 5.88 Å². The predicted molar refractivity (Wildman–Crippen MR) is 69.6 cm³/mol. The fraction of sp³-hybridized carbons (Fsp3) is 0.667. The molecule has 0 aliphatic heterocycles. The van der Waals surface area contributed by atoms with Gasteiger partial charge in [-0.25, -0.2) is 4.98 Å². The highest BCUT2D eigenvalue weighted by Crippen LogP contribution is 2.11. The Hall–Kier alpha value is -1.36. The summed E-state index contributed by atoms with van der Waals surface area (Å²) in [6.07, 6.45) is 0. The highest BCUT2D eigenvalue weighted by atomic mass is 16.5. The minimum atomic E-state index is 0.426. The van der Waals surface area contributed by atoms with Gasteiger partial charge >= 0.3 is 0 Å². The molecule has 1 heterocycles. The van der Waals surface area contributed by atoms with Crippen LogP contribution in [0.4, 0.5) is 5.95 Å². The maximum absolute atomic E-state index is 5.38. The number of likely N-dealkylation sites (N-methyl/N-ethyl adjacent to an activating group) is 1. The van der Waals surface area contributed by atoms with Gasteiger partial charge in [-0.1, -0.05) is 0 Å². The topological polar surface area (TPSA) is 50.3 Å². The molecule has 0 spiro atoms. The van der Waals surface area contributed by atoms with Crippen molar-refractivity contribution in [1.82, 2.24) is 14.9 Å². The van der Waals surface area contributed by atoms with Crippen LogP contribution in [0, 0.1) is 6.92 Å². The minimum Gasteiger partial charge on any atom is -0.478 e. The first-order valence-electron chi connectivity index (χ1n) is 5.91. The zero-order valence-corrected chi connectivity index (χ0v) is 11.3. The summed E-state index contributed by atoms with van der Waals surface area (Å²) in [5.41, 5.74) is 0.906. The van der Waals surface area contributed by atoms with Crippen LogP contribution in [0.3, 0.4) is 0 Å². The summed E-state index contributed by atoms with van der Waals surface area (Å²) in [7, 11) is 4.10. The lowest BCUT2D eigenvalue weighted by molar-refractivity contribution is 0.322. The zero-order chi connectivity index (χ0) is 12.8. The van der Waals surface area contributed by atoms with Crippen LogP contribution in [0.2, 0.25) is 0 Å². The average Bonchev–Trinajstić information content (AvgIpc) is 2.25. The Bertz CT molecular complexity index is 354. The Morgan fingerprint density at radius 2 is 2.12 bits per heavy atom. The van der Waals surface area contributed by atoms with E-state index in [2.05, 4.69) is 41.2 Å². The highest BCUT2D eigenvalue weighted by molar-refractivity contribution is 5.30. The maximum atomic E-state index is 5.38. The van der Waals surface area contributed by atoms with Crippen LogP contribution in [0.15, 0.2) is 6.07 Å². The fourth-order valence-electron chi connectivity index (χ4n) is 1.26. The number of nitrogens with zero attached hydrogens (tertiary/aromatic N) is 3. The molecule has 0 aliphatic rings. The van der Waals surface area contributed by atoms with E-state index in [1.165, 1.54) is 0 Å². The standard InChI is InChI=1S/C12H22N4O/c1-6-17-11-7-9(2)14-12(15-11)13-8-10(3)16(4)5/h7,10H,6,8H2,1-5H3,(H,13,14,15). The second-order valence-corrected chi connectivity index (χ2v) is 4.30. The van der Waals surface area contributed by atoms with Crippen molar-refractivity contribution in [3.05, 3.63) is 11.8 Å². The highest BCUT2D eigenvalue weighted by Gasteiger charge is 2.06. The van der Waals surface area contributed by atoms with Gasteiger partial charge in [0.15, 0.2) is 0 Å². The van der Waals surface area contributed by atoms with Crippen LogP contribution in [0.25, 0.3) is 0 Å². The van der Waals surface area contributed by atoms with E-state index in [-0.39, 0.29) is 0 Å². The molecular formula is C12H22N4O. The van der Waals surface area contributed by atoms with Crippen LogP contribution in [-0.4, -0.2) is 48.2 Å². The number of rotatable bonds is 6. The third kappa shape index (κ3) is 4.56. The van der Waals surface area contributed by atoms with E-state index in [0.29, 0.717) is 24.5 Å². The molecule has 1 aromatic heterocycles. The van der Waals surface area contributed by atoms with E-state index < -0.39 is 0 Å². The van der Waals surface area contributed by atoms with Gasteiger partial charge in [0.05, 0.1) is 6.61 Å². The molecule has 0 bridgehead atoms. The monoisotopic (exact) mass is 238 g/mol. The quantitative estimate of drug-likeness (QED) is 0.815. The minimum absolute atomic E-state index is 0.426. The molecule has 0 aromatic carbocycles. The van der Waals surface area contributed by atoms with Crippen LogP contribution < -0.4 is 10.1 Å². The number of hydrogen-bond donors (Lipinski definition) is 1. The number of aromatic nitrogens is 2. The number of nitrogens with one attached hydrogen (secondary N) is 1. The third-order valence-corrected chi connectivity index (χ3v) is 2.56. The molecule has 1 aromatic rings. The zero-order valence-electron chi connectivity index (χ0n) is 11.3. The van der Waals surface area contributed by atoms with Crippen LogP contribution in [0.1, 0.15) is 19.5 Å². The summed E-state index contributed by atoms with van der Waals surface area (Å²) in [6, 6.07) is 2.26. The first-order valence-corrected chi connectivity index (χ1v) is 5.91. The summed E-state index contributed by atoms with van der Waals surface area (Å²) in [6.45, 7) is 7.45. The van der Waals surface area contributed by atoms with E-state index in [1.807, 2.05) is 19.9 Å². The lowest BCUT2D eigenvalue weighted by Crippen LogP contribution is -2.31. The summed E-state index contributed by atoms with van der Waals surface area (Å²) >= 11 is 0. The van der Waals surface area contributed by atoms with Gasteiger partial charge in [-0.2, -0.15) is 4.98 Å². The normalized spacial score (nSPS) is 12.6. The van der Waals surface area contributed by atoms with Crippen molar-refractivity contribution in [2.75, 3.05) is 32.6 Å². The fourth-order valence-corrected chi connectivity index (χ4v) is 1.26. The second kappa shape index (κ2) is 6.39. The Labute approximate surface area is 103 Å². The van der Waals surface area contributed by atoms with E-state index in [9.17, 15) is 0 Å². The van der Waals surface area contributed by atoms with Gasteiger partial charge in [-0.15, -0.1) is 0 Å². The number of hydrogen-bond acceptors (Lipinski definition) is 5. The van der Waals surface area contributed by atoms with Gasteiger partial charge in [0.1, 0.15) is 0 Å². The van der Waals surface area contributed by atoms with E-state index in [4.69, 9.17) is 4.74 Å². The second-order valence-electron chi connectivity index (χ2n) is 4.30. The van der Waals surface area contributed by atoms with Crippen LogP contribution in [0.5, 0.6) is 5.88 Å². The van der Waals surface area contributed by atoms with Gasteiger partial charge in [0.2, 0.25) is 11.8 Å². The Kier molecular flexibility index (Phi) is 5.15. The molecule has 96 valence electrons. The first kappa shape index (κ1) is 13.7. The van der Waals surface area contributed by atoms with Gasteiger partial charge in [-0.05, 0) is 34.9 Å². The molecule has 0 fully saturated rings. The molecule has 1 rings (SSSR count). The van der Waals surface area contributed by atoms with Gasteiger partial charge in [-0.3, -0.25) is 0 Å². The van der Waals surface area contributed by atoms with Crippen molar-refractivity contribution in [1.29, 1.82) is 0 Å². The summed E-state index contributed by atoms with van der Waals surface area (Å²) in [4.78, 5) is 10.8. The number of aryl methyl sites for hydroxylation is 1. The van der Waals surface area contributed by atoms with E-state index in [1.54, 1.807) is 0 Å². The Morgan fingerprint density at radius 3 is 2.71 bits per heavy atom. The molecule has 0 radical (unpaired) electrons. The molecule has 17 heavy (non-hydrogen) atoms. The maximum Gasteiger partial charge on any atom is 0.226 e. The molecule has 5 heteroatoms. The van der Waals surface area contributed by atoms with E-state index in [0.717, 1.165) is 12.2 Å². The summed E-state index contributed by atoms with van der Waals surface area (Å²) < 4.78 is 5.38. The number of ether oxygens (including phenoxy) is 1. The van der Waals surface area contributed by atoms with Crippen molar-refractivity contribution in [2.24, 2.45) is 0 Å². The smallest absolute Gasteiger partial charge is 0.226 e. The molecule has 0 saturated carbocycles. The van der Waals surface area contributed by atoms with Gasteiger partial charge in [0.25, 0.3) is 0 Å². The number of anilines is 1. The Morgan fingerprint density at radius 1 is 1.41 bits per heavy atom. The summed E-state index contributed by atoms with van der Waals surface area (Å²) in [5.74, 6) is 1.25. The predicted octanol–water partition coefficient (Wildman–Crippen LogP) is 1.55. The molecule has 0 amide bonds. The first-order chi connectivity index (χ1) is 8.02. The largest absolute Gasteiger partial charge is 0.478 e. The molecule has 1 N–H and O–H groups in total. The molecule has 5 nitrogen and oxygen atoms in total. The van der Waals surface area contributed by atoms with Crippen molar-refractivity contribution < 1.29 is 4.74 Å². The van der Waals surface area contributed by atoms with Crippen molar-refractivity contribution in [2.45, 2.75) is 26.8 Å². The third-order valence-electron chi connectivity index (χ3n) is 2.56. The lowest BCUT2D eigenvalue weighted by atomic mass is 10.3. The Balaban J connectivity index is 2.64. The molecule has 0 saturated heterocycles. The van der Waals surface area contributed by atoms with Crippen LogP contribution >= 0.6 is 0 Å².